The molecule has 0 radical (unpaired) electrons. The first-order valence-electron chi connectivity index (χ1n) is 9.47. The first-order chi connectivity index (χ1) is 12.7. The summed E-state index contributed by atoms with van der Waals surface area (Å²) in [5.74, 6) is 0.780. The zero-order valence-electron chi connectivity index (χ0n) is 15.8. The van der Waals surface area contributed by atoms with Gasteiger partial charge in [-0.25, -0.2) is 8.42 Å². The summed E-state index contributed by atoms with van der Waals surface area (Å²) >= 11 is 0. The van der Waals surface area contributed by atoms with Crippen molar-refractivity contribution in [2.24, 2.45) is 10.9 Å². The van der Waals surface area contributed by atoms with E-state index >= 15 is 0 Å². The van der Waals surface area contributed by atoms with E-state index in [1.807, 2.05) is 0 Å². The van der Waals surface area contributed by atoms with Gasteiger partial charge in [0, 0.05) is 39.8 Å². The van der Waals surface area contributed by atoms with Gasteiger partial charge in [0.1, 0.15) is 0 Å². The summed E-state index contributed by atoms with van der Waals surface area (Å²) in [6, 6.07) is 0. The van der Waals surface area contributed by atoms with Crippen molar-refractivity contribution in [3.8, 4) is 0 Å². The lowest BCUT2D eigenvalue weighted by molar-refractivity contribution is -0.0496. The van der Waals surface area contributed by atoms with E-state index in [2.05, 4.69) is 20.5 Å². The third-order valence-corrected chi connectivity index (χ3v) is 6.79. The molecule has 2 aliphatic rings. The smallest absolute Gasteiger partial charge is 0.356 e. The highest BCUT2D eigenvalue weighted by Gasteiger charge is 2.50. The number of likely N-dealkylation sites (tertiary alicyclic amines) is 1. The molecule has 2 N–H and O–H groups in total. The van der Waals surface area contributed by atoms with Gasteiger partial charge in [-0.1, -0.05) is 6.42 Å². The van der Waals surface area contributed by atoms with Crippen LogP contribution >= 0.6 is 0 Å². The molecular weight excluding hydrogens is 383 g/mol. The number of nitrogens with zero attached hydrogens (tertiary/aromatic N) is 3. The molecule has 0 aromatic carbocycles. The van der Waals surface area contributed by atoms with E-state index in [4.69, 9.17) is 0 Å². The van der Waals surface area contributed by atoms with Crippen LogP contribution < -0.4 is 10.6 Å². The van der Waals surface area contributed by atoms with Gasteiger partial charge in [-0.15, -0.1) is 0 Å². The van der Waals surface area contributed by atoms with E-state index in [0.29, 0.717) is 29.7 Å². The lowest BCUT2D eigenvalue weighted by Gasteiger charge is -2.32. The molecule has 7 nitrogen and oxygen atoms in total. The number of sulfonamides is 1. The average Bonchev–Trinajstić information content (AvgIpc) is 2.65. The highest BCUT2D eigenvalue weighted by atomic mass is 32.2. The minimum absolute atomic E-state index is 0.102. The fourth-order valence-electron chi connectivity index (χ4n) is 3.48. The number of guanidine groups is 1. The lowest BCUT2D eigenvalue weighted by Crippen LogP contribution is -2.48. The molecule has 158 valence electrons. The molecule has 2 aliphatic heterocycles. The van der Waals surface area contributed by atoms with Gasteiger partial charge in [0.2, 0.25) is 0 Å². The van der Waals surface area contributed by atoms with Gasteiger partial charge in [-0.05, 0) is 44.7 Å². The van der Waals surface area contributed by atoms with E-state index in [-0.39, 0.29) is 19.0 Å². The largest absolute Gasteiger partial charge is 0.511 e. The van der Waals surface area contributed by atoms with Gasteiger partial charge in [-0.2, -0.15) is 17.5 Å². The van der Waals surface area contributed by atoms with Crippen LogP contribution in [0.3, 0.4) is 0 Å². The maximum Gasteiger partial charge on any atom is 0.511 e. The minimum Gasteiger partial charge on any atom is -0.356 e. The van der Waals surface area contributed by atoms with Crippen molar-refractivity contribution in [2.45, 2.75) is 37.6 Å². The summed E-state index contributed by atoms with van der Waals surface area (Å²) in [6.07, 6.45) is 4.59. The second-order valence-electron chi connectivity index (χ2n) is 7.08. The Balaban J connectivity index is 1.67. The topological polar surface area (TPSA) is 77.0 Å². The number of rotatable bonds is 6. The lowest BCUT2D eigenvalue weighted by atomic mass is 9.98. The van der Waals surface area contributed by atoms with Crippen LogP contribution in [0, 0.1) is 5.92 Å². The third kappa shape index (κ3) is 6.49. The van der Waals surface area contributed by atoms with Gasteiger partial charge in [0.15, 0.2) is 5.96 Å². The predicted octanol–water partition coefficient (Wildman–Crippen LogP) is 1.20. The molecule has 2 rings (SSSR count). The second kappa shape index (κ2) is 9.92. The third-order valence-electron chi connectivity index (χ3n) is 5.16. The Morgan fingerprint density at radius 2 is 1.70 bits per heavy atom. The SMILES string of the molecule is CN=C(NCCN1CCCCC1)NCC1CCN(S(=O)(=O)C(F)(F)F)CC1. The van der Waals surface area contributed by atoms with Crippen molar-refractivity contribution in [3.05, 3.63) is 0 Å². The molecule has 0 atom stereocenters. The van der Waals surface area contributed by atoms with Crippen molar-refractivity contribution in [2.75, 3.05) is 52.9 Å². The van der Waals surface area contributed by atoms with E-state index in [9.17, 15) is 21.6 Å². The number of hydrogen-bond acceptors (Lipinski definition) is 4. The Labute approximate surface area is 159 Å². The number of hydrogen-bond donors (Lipinski definition) is 2. The molecule has 2 saturated heterocycles. The van der Waals surface area contributed by atoms with E-state index in [1.54, 1.807) is 7.05 Å². The van der Waals surface area contributed by atoms with Crippen LogP contribution in [0.1, 0.15) is 32.1 Å². The van der Waals surface area contributed by atoms with Crippen LogP contribution in [0.5, 0.6) is 0 Å². The number of alkyl halides is 3. The number of aliphatic imine (C=N–C) groups is 1. The van der Waals surface area contributed by atoms with Crippen LogP contribution in [0.4, 0.5) is 13.2 Å². The predicted molar refractivity (Wildman–Crippen MR) is 98.9 cm³/mol. The zero-order valence-corrected chi connectivity index (χ0v) is 16.6. The zero-order chi connectivity index (χ0) is 19.9. The normalized spacial score (nSPS) is 22.0. The number of halogens is 3. The monoisotopic (exact) mass is 413 g/mol. The number of nitrogens with one attached hydrogen (secondary N) is 2. The molecule has 0 aromatic rings. The van der Waals surface area contributed by atoms with Crippen molar-refractivity contribution in [1.82, 2.24) is 19.8 Å². The summed E-state index contributed by atoms with van der Waals surface area (Å²) in [5.41, 5.74) is -5.22. The molecule has 0 unspecified atom stereocenters. The molecule has 11 heteroatoms. The van der Waals surface area contributed by atoms with Gasteiger partial charge < -0.3 is 15.5 Å². The van der Waals surface area contributed by atoms with Gasteiger partial charge >= 0.3 is 15.5 Å². The summed E-state index contributed by atoms with van der Waals surface area (Å²) < 4.78 is 61.2. The first kappa shape index (κ1) is 22.2. The highest BCUT2D eigenvalue weighted by Crippen LogP contribution is 2.30. The minimum atomic E-state index is -5.22. The van der Waals surface area contributed by atoms with Crippen molar-refractivity contribution in [3.63, 3.8) is 0 Å². The van der Waals surface area contributed by atoms with Gasteiger partial charge in [0.25, 0.3) is 0 Å². The molecule has 0 saturated carbocycles. The Bertz CT molecular complexity index is 583. The van der Waals surface area contributed by atoms with Crippen molar-refractivity contribution in [1.29, 1.82) is 0 Å². The molecular formula is C16H30F3N5O2S. The molecule has 0 amide bonds. The highest BCUT2D eigenvalue weighted by molar-refractivity contribution is 7.90. The fourth-order valence-corrected chi connectivity index (χ4v) is 4.46. The van der Waals surface area contributed by atoms with Crippen LogP contribution in [-0.2, 0) is 10.0 Å². The average molecular weight is 414 g/mol. The summed E-state index contributed by atoms with van der Waals surface area (Å²) in [4.78, 5) is 6.58. The summed E-state index contributed by atoms with van der Waals surface area (Å²) in [6.45, 7) is 4.35. The van der Waals surface area contributed by atoms with E-state index in [1.165, 1.54) is 19.3 Å². The fraction of sp³-hybridized carbons (Fsp3) is 0.938. The molecule has 0 spiro atoms. The summed E-state index contributed by atoms with van der Waals surface area (Å²) in [7, 11) is -3.53. The maximum absolute atomic E-state index is 12.6. The number of piperidine rings is 2. The Kier molecular flexibility index (Phi) is 8.17. The molecule has 0 aromatic heterocycles. The molecule has 2 heterocycles. The standard InChI is InChI=1S/C16H30F3N5O2S/c1-20-15(21-7-12-23-8-3-2-4-9-23)22-13-14-5-10-24(11-6-14)27(25,26)16(17,18)19/h14H,2-13H2,1H3,(H2,20,21,22). The van der Waals surface area contributed by atoms with Crippen LogP contribution in [0.25, 0.3) is 0 Å². The quantitative estimate of drug-likeness (QED) is 0.506. The Morgan fingerprint density at radius 1 is 1.07 bits per heavy atom. The van der Waals surface area contributed by atoms with Gasteiger partial charge in [0.05, 0.1) is 0 Å². The first-order valence-corrected chi connectivity index (χ1v) is 10.9. The molecule has 0 aliphatic carbocycles. The molecule has 0 bridgehead atoms. The maximum atomic E-state index is 12.6. The van der Waals surface area contributed by atoms with Gasteiger partial charge in [-0.3, -0.25) is 4.99 Å². The van der Waals surface area contributed by atoms with E-state index in [0.717, 1.165) is 26.2 Å². The van der Waals surface area contributed by atoms with E-state index < -0.39 is 15.5 Å². The van der Waals surface area contributed by atoms with Crippen molar-refractivity contribution < 1.29 is 21.6 Å². The van der Waals surface area contributed by atoms with Crippen LogP contribution in [0.2, 0.25) is 0 Å². The van der Waals surface area contributed by atoms with Crippen LogP contribution in [-0.4, -0.2) is 82.0 Å². The molecule has 2 fully saturated rings. The van der Waals surface area contributed by atoms with Crippen LogP contribution in [0.15, 0.2) is 4.99 Å². The molecule has 27 heavy (non-hydrogen) atoms. The second-order valence-corrected chi connectivity index (χ2v) is 9.00. The Hall–Kier alpha value is -1.07. The van der Waals surface area contributed by atoms with Crippen molar-refractivity contribution >= 4 is 16.0 Å². The Morgan fingerprint density at radius 3 is 2.26 bits per heavy atom. The summed E-state index contributed by atoms with van der Waals surface area (Å²) in [5, 5.41) is 6.44.